The third-order valence-electron chi connectivity index (χ3n) is 6.46. The van der Waals surface area contributed by atoms with Crippen molar-refractivity contribution in [3.8, 4) is 0 Å². The lowest BCUT2D eigenvalue weighted by Crippen LogP contribution is -2.54. The van der Waals surface area contributed by atoms with Crippen LogP contribution < -0.4 is 20.7 Å². The molecule has 0 radical (unpaired) electrons. The van der Waals surface area contributed by atoms with Crippen molar-refractivity contribution in [1.29, 1.82) is 0 Å². The zero-order chi connectivity index (χ0) is 23.3. The van der Waals surface area contributed by atoms with E-state index < -0.39 is 30.1 Å². The average Bonchev–Trinajstić information content (AvgIpc) is 3.42. The molecule has 0 spiro atoms. The minimum Gasteiger partial charge on any atom is -0.374 e. The molecule has 1 N–H and O–H groups in total. The quantitative estimate of drug-likeness (QED) is 0.669. The highest BCUT2D eigenvalue weighted by Crippen LogP contribution is 2.36. The number of fused-ring (bicyclic) bond motifs is 3. The molecule has 5 rings (SSSR count). The van der Waals surface area contributed by atoms with Crippen LogP contribution in [0.25, 0.3) is 0 Å². The summed E-state index contributed by atoms with van der Waals surface area (Å²) in [5.74, 6) is 0.177. The van der Waals surface area contributed by atoms with Gasteiger partial charge in [-0.15, -0.1) is 0 Å². The third-order valence-corrected chi connectivity index (χ3v) is 6.46. The van der Waals surface area contributed by atoms with Crippen LogP contribution in [0.1, 0.15) is 23.2 Å². The molecular formula is C21H23F3N6O3. The highest BCUT2D eigenvalue weighted by Gasteiger charge is 2.48. The Morgan fingerprint density at radius 2 is 2.15 bits per heavy atom. The van der Waals surface area contributed by atoms with Crippen molar-refractivity contribution in [3.63, 3.8) is 0 Å². The van der Waals surface area contributed by atoms with Crippen molar-refractivity contribution in [1.82, 2.24) is 14.5 Å². The number of Topliss-reactive ketones (excluding diaryl/α,β-unsaturated/α-hetero) is 1. The van der Waals surface area contributed by atoms with E-state index in [1.165, 1.54) is 22.9 Å². The summed E-state index contributed by atoms with van der Waals surface area (Å²) in [6.45, 7) is 0.332. The fourth-order valence-corrected chi connectivity index (χ4v) is 4.76. The number of aromatic nitrogens is 3. The summed E-state index contributed by atoms with van der Waals surface area (Å²) in [6, 6.07) is 2.55. The first kappa shape index (κ1) is 21.7. The number of ether oxygens (including phenoxy) is 1. The molecule has 33 heavy (non-hydrogen) atoms. The van der Waals surface area contributed by atoms with Crippen molar-refractivity contribution in [2.24, 2.45) is 0 Å². The number of nitrogens with one attached hydrogen (secondary N) is 1. The molecule has 0 aliphatic carbocycles. The van der Waals surface area contributed by atoms with Gasteiger partial charge in [0, 0.05) is 38.0 Å². The van der Waals surface area contributed by atoms with Gasteiger partial charge in [-0.05, 0) is 25.0 Å². The van der Waals surface area contributed by atoms with Gasteiger partial charge in [0.05, 0.1) is 25.3 Å². The Morgan fingerprint density at radius 3 is 2.76 bits per heavy atom. The lowest BCUT2D eigenvalue weighted by atomic mass is 10.1. The SMILES string of the molecule is CNc1ccc(C(=O)CN2c3nc(N4CC5CC4CO5)cc(=O)n3CC[C@H]2C(F)(F)F)cn1. The maximum atomic E-state index is 13.9. The highest BCUT2D eigenvalue weighted by molar-refractivity contribution is 5.99. The summed E-state index contributed by atoms with van der Waals surface area (Å²) < 4.78 is 48.6. The van der Waals surface area contributed by atoms with Gasteiger partial charge in [0.2, 0.25) is 5.95 Å². The van der Waals surface area contributed by atoms with E-state index in [-0.39, 0.29) is 36.6 Å². The number of pyridine rings is 1. The smallest absolute Gasteiger partial charge is 0.374 e. The van der Waals surface area contributed by atoms with Gasteiger partial charge in [-0.1, -0.05) is 0 Å². The molecule has 3 atom stereocenters. The molecule has 12 heteroatoms. The Labute approximate surface area is 187 Å². The number of rotatable bonds is 5. The molecule has 2 fully saturated rings. The summed E-state index contributed by atoms with van der Waals surface area (Å²) >= 11 is 0. The van der Waals surface area contributed by atoms with Gasteiger partial charge < -0.3 is 19.9 Å². The topological polar surface area (TPSA) is 92.6 Å². The van der Waals surface area contributed by atoms with Gasteiger partial charge in [-0.2, -0.15) is 18.2 Å². The second-order valence-corrected chi connectivity index (χ2v) is 8.48. The second-order valence-electron chi connectivity index (χ2n) is 8.48. The molecule has 3 aliphatic rings. The summed E-state index contributed by atoms with van der Waals surface area (Å²) in [7, 11) is 1.67. The van der Waals surface area contributed by atoms with E-state index in [0.29, 0.717) is 24.8 Å². The largest absolute Gasteiger partial charge is 0.408 e. The molecule has 2 aromatic rings. The number of hydrogen-bond acceptors (Lipinski definition) is 8. The van der Waals surface area contributed by atoms with Gasteiger partial charge in [0.15, 0.2) is 5.78 Å². The van der Waals surface area contributed by atoms with Crippen LogP contribution >= 0.6 is 0 Å². The Morgan fingerprint density at radius 1 is 1.33 bits per heavy atom. The third kappa shape index (κ3) is 3.92. The number of carbonyl (C=O) groups is 1. The minimum atomic E-state index is -4.59. The van der Waals surface area contributed by atoms with Crippen molar-refractivity contribution < 1.29 is 22.7 Å². The van der Waals surface area contributed by atoms with Crippen LogP contribution in [-0.2, 0) is 11.3 Å². The monoisotopic (exact) mass is 464 g/mol. The average molecular weight is 464 g/mol. The van der Waals surface area contributed by atoms with Gasteiger partial charge in [0.25, 0.3) is 5.56 Å². The van der Waals surface area contributed by atoms with E-state index in [1.54, 1.807) is 13.1 Å². The number of ketones is 1. The Bertz CT molecular complexity index is 1120. The fraction of sp³-hybridized carbons (Fsp3) is 0.524. The number of halogens is 3. The fourth-order valence-electron chi connectivity index (χ4n) is 4.76. The van der Waals surface area contributed by atoms with E-state index in [9.17, 15) is 22.8 Å². The molecule has 176 valence electrons. The summed E-state index contributed by atoms with van der Waals surface area (Å²) in [4.78, 5) is 37.1. The lowest BCUT2D eigenvalue weighted by molar-refractivity contribution is -0.152. The highest BCUT2D eigenvalue weighted by atomic mass is 19.4. The van der Waals surface area contributed by atoms with Gasteiger partial charge in [0.1, 0.15) is 17.7 Å². The Kier molecular flexibility index (Phi) is 5.26. The molecule has 2 bridgehead atoms. The molecule has 2 saturated heterocycles. The van der Waals surface area contributed by atoms with Gasteiger partial charge in [-0.3, -0.25) is 14.2 Å². The van der Waals surface area contributed by atoms with E-state index in [4.69, 9.17) is 4.74 Å². The summed E-state index contributed by atoms with van der Waals surface area (Å²) in [5.41, 5.74) is -0.253. The van der Waals surface area contributed by atoms with Crippen molar-refractivity contribution in [3.05, 3.63) is 40.3 Å². The molecule has 0 aromatic carbocycles. The van der Waals surface area contributed by atoms with Crippen molar-refractivity contribution in [2.75, 3.05) is 41.9 Å². The minimum absolute atomic E-state index is 0.0317. The van der Waals surface area contributed by atoms with E-state index >= 15 is 0 Å². The van der Waals surface area contributed by atoms with Crippen molar-refractivity contribution >= 4 is 23.4 Å². The Hall–Kier alpha value is -3.15. The van der Waals surface area contributed by atoms with Crippen LogP contribution in [-0.4, -0.2) is 71.4 Å². The molecule has 3 aliphatic heterocycles. The molecule has 9 nitrogen and oxygen atoms in total. The Balaban J connectivity index is 1.51. The predicted octanol–water partition coefficient (Wildman–Crippen LogP) is 1.68. The van der Waals surface area contributed by atoms with Crippen LogP contribution in [0.2, 0.25) is 0 Å². The molecule has 2 unspecified atom stereocenters. The number of anilines is 3. The number of morpholine rings is 1. The zero-order valence-corrected chi connectivity index (χ0v) is 17.9. The van der Waals surface area contributed by atoms with Gasteiger partial charge in [-0.25, -0.2) is 4.98 Å². The molecule has 5 heterocycles. The normalized spacial score (nSPS) is 24.2. The zero-order valence-electron chi connectivity index (χ0n) is 17.9. The van der Waals surface area contributed by atoms with E-state index in [2.05, 4.69) is 15.3 Å². The number of carbonyl (C=O) groups excluding carboxylic acids is 1. The van der Waals surface area contributed by atoms with E-state index in [0.717, 1.165) is 11.3 Å². The lowest BCUT2D eigenvalue weighted by Gasteiger charge is -2.39. The summed E-state index contributed by atoms with van der Waals surface area (Å²) in [6.07, 6.45) is -2.79. The van der Waals surface area contributed by atoms with Gasteiger partial charge >= 0.3 is 6.18 Å². The number of alkyl halides is 3. The van der Waals surface area contributed by atoms with Crippen LogP contribution in [0.5, 0.6) is 0 Å². The number of nitrogens with zero attached hydrogens (tertiary/aromatic N) is 5. The summed E-state index contributed by atoms with van der Waals surface area (Å²) in [5, 5.41) is 2.82. The standard InChI is InChI=1S/C21H23F3N6O3/c1-25-17-3-2-12(8-26-17)15(31)10-30-16(21(22,23)24)4-5-28-19(32)7-18(27-20(28)30)29-9-14-6-13(29)11-33-14/h2-3,7-8,13-14,16H,4-6,9-11H2,1H3,(H,25,26)/t13?,14?,16-/m0/s1. The van der Waals surface area contributed by atoms with Crippen LogP contribution in [0.15, 0.2) is 29.2 Å². The van der Waals surface area contributed by atoms with Crippen molar-refractivity contribution in [2.45, 2.75) is 43.8 Å². The van der Waals surface area contributed by atoms with Crippen LogP contribution in [0.3, 0.4) is 0 Å². The first-order valence-electron chi connectivity index (χ1n) is 10.7. The van der Waals surface area contributed by atoms with E-state index in [1.807, 2.05) is 4.90 Å². The molecule has 2 aromatic heterocycles. The maximum absolute atomic E-state index is 13.9. The van der Waals surface area contributed by atoms with Crippen LogP contribution in [0.4, 0.5) is 30.8 Å². The molecule has 0 amide bonds. The molecule has 0 saturated carbocycles. The first-order valence-corrected chi connectivity index (χ1v) is 10.7. The van der Waals surface area contributed by atoms with Crippen LogP contribution in [0, 0.1) is 0 Å². The second kappa shape index (κ2) is 8.01. The maximum Gasteiger partial charge on any atom is 0.408 e. The first-order chi connectivity index (χ1) is 15.7. The molecular weight excluding hydrogens is 441 g/mol. The predicted molar refractivity (Wildman–Crippen MR) is 114 cm³/mol. The number of hydrogen-bond donors (Lipinski definition) is 1.